The summed E-state index contributed by atoms with van der Waals surface area (Å²) in [6, 6.07) is 8.64. The number of nitrogens with one attached hydrogen (secondary N) is 2. The quantitative estimate of drug-likeness (QED) is 0.872. The van der Waals surface area contributed by atoms with Crippen LogP contribution in [0.2, 0.25) is 0 Å². The summed E-state index contributed by atoms with van der Waals surface area (Å²) >= 11 is 0. The number of amides is 1. The van der Waals surface area contributed by atoms with Gasteiger partial charge < -0.3 is 15.2 Å². The van der Waals surface area contributed by atoms with E-state index >= 15 is 0 Å². The average Bonchev–Trinajstić information content (AvgIpc) is 3.18. The van der Waals surface area contributed by atoms with Crippen molar-refractivity contribution in [2.45, 2.75) is 25.4 Å². The Balaban J connectivity index is 1.59. The summed E-state index contributed by atoms with van der Waals surface area (Å²) in [4.78, 5) is 16.0. The van der Waals surface area contributed by atoms with E-state index in [0.717, 1.165) is 12.2 Å². The first-order valence-corrected chi connectivity index (χ1v) is 6.82. The van der Waals surface area contributed by atoms with E-state index in [1.165, 1.54) is 18.4 Å². The van der Waals surface area contributed by atoms with E-state index in [0.29, 0.717) is 11.7 Å². The Kier molecular flexibility index (Phi) is 3.52. The van der Waals surface area contributed by atoms with Crippen molar-refractivity contribution in [1.82, 2.24) is 14.9 Å². The van der Waals surface area contributed by atoms with E-state index < -0.39 is 0 Å². The van der Waals surface area contributed by atoms with Crippen molar-refractivity contribution in [3.63, 3.8) is 0 Å². The van der Waals surface area contributed by atoms with Crippen molar-refractivity contribution >= 4 is 11.6 Å². The molecule has 1 heterocycles. The van der Waals surface area contributed by atoms with Gasteiger partial charge in [-0.05, 0) is 30.5 Å². The van der Waals surface area contributed by atoms with Crippen LogP contribution >= 0.6 is 0 Å². The van der Waals surface area contributed by atoms with Gasteiger partial charge in [0.2, 0.25) is 0 Å². The van der Waals surface area contributed by atoms with Crippen LogP contribution in [0.3, 0.4) is 0 Å². The SMILES string of the molecule is Cn1cncc1C(=O)Nc1ccc(CNC2CC2)cc1. The number of aryl methyl sites for hydroxylation is 1. The minimum absolute atomic E-state index is 0.145. The van der Waals surface area contributed by atoms with Crippen molar-refractivity contribution in [3.8, 4) is 0 Å². The summed E-state index contributed by atoms with van der Waals surface area (Å²) in [5.74, 6) is -0.145. The highest BCUT2D eigenvalue weighted by Crippen LogP contribution is 2.19. The van der Waals surface area contributed by atoms with Gasteiger partial charge >= 0.3 is 0 Å². The van der Waals surface area contributed by atoms with Crippen molar-refractivity contribution in [2.24, 2.45) is 7.05 Å². The van der Waals surface area contributed by atoms with Crippen LogP contribution in [0.4, 0.5) is 5.69 Å². The minimum atomic E-state index is -0.145. The first-order valence-electron chi connectivity index (χ1n) is 6.82. The third kappa shape index (κ3) is 3.05. The Morgan fingerprint density at radius 1 is 1.35 bits per heavy atom. The molecule has 1 fully saturated rings. The van der Waals surface area contributed by atoms with Crippen molar-refractivity contribution in [3.05, 3.63) is 48.0 Å². The zero-order chi connectivity index (χ0) is 13.9. The Labute approximate surface area is 118 Å². The molecule has 2 N–H and O–H groups in total. The average molecular weight is 270 g/mol. The first kappa shape index (κ1) is 12.9. The van der Waals surface area contributed by atoms with Gasteiger partial charge in [0.1, 0.15) is 5.69 Å². The number of aromatic nitrogens is 2. The van der Waals surface area contributed by atoms with E-state index in [4.69, 9.17) is 0 Å². The number of carbonyl (C=O) groups excluding carboxylic acids is 1. The summed E-state index contributed by atoms with van der Waals surface area (Å²) in [5, 5.41) is 6.33. The Bertz CT molecular complexity index is 599. The number of nitrogens with zero attached hydrogens (tertiary/aromatic N) is 2. The highest BCUT2D eigenvalue weighted by molar-refractivity contribution is 6.02. The molecular weight excluding hydrogens is 252 g/mol. The molecule has 1 aromatic carbocycles. The van der Waals surface area contributed by atoms with Crippen LogP contribution in [0, 0.1) is 0 Å². The molecule has 0 unspecified atom stereocenters. The fourth-order valence-electron chi connectivity index (χ4n) is 2.03. The van der Waals surface area contributed by atoms with Gasteiger partial charge in [-0.2, -0.15) is 0 Å². The molecule has 5 nitrogen and oxygen atoms in total. The van der Waals surface area contributed by atoms with Gasteiger partial charge in [-0.15, -0.1) is 0 Å². The molecule has 1 aliphatic carbocycles. The van der Waals surface area contributed by atoms with Crippen LogP contribution in [0.25, 0.3) is 0 Å². The maximum Gasteiger partial charge on any atom is 0.273 e. The monoisotopic (exact) mass is 270 g/mol. The lowest BCUT2D eigenvalue weighted by Crippen LogP contribution is -2.16. The number of carbonyl (C=O) groups is 1. The minimum Gasteiger partial charge on any atom is -0.330 e. The van der Waals surface area contributed by atoms with Crippen molar-refractivity contribution < 1.29 is 4.79 Å². The van der Waals surface area contributed by atoms with E-state index in [1.807, 2.05) is 24.3 Å². The fraction of sp³-hybridized carbons (Fsp3) is 0.333. The van der Waals surface area contributed by atoms with Gasteiger partial charge in [-0.3, -0.25) is 4.79 Å². The lowest BCUT2D eigenvalue weighted by molar-refractivity contribution is 0.101. The number of benzene rings is 1. The van der Waals surface area contributed by atoms with E-state index in [-0.39, 0.29) is 5.91 Å². The lowest BCUT2D eigenvalue weighted by Gasteiger charge is -2.07. The zero-order valence-corrected chi connectivity index (χ0v) is 11.5. The number of imidazole rings is 1. The molecule has 0 aliphatic heterocycles. The predicted molar refractivity (Wildman–Crippen MR) is 77.5 cm³/mol. The lowest BCUT2D eigenvalue weighted by atomic mass is 10.2. The molecule has 1 aromatic heterocycles. The Hall–Kier alpha value is -2.14. The normalized spacial score (nSPS) is 14.2. The highest BCUT2D eigenvalue weighted by atomic mass is 16.1. The van der Waals surface area contributed by atoms with Gasteiger partial charge in [0.05, 0.1) is 12.5 Å². The van der Waals surface area contributed by atoms with Gasteiger partial charge in [-0.1, -0.05) is 12.1 Å². The number of hydrogen-bond donors (Lipinski definition) is 2. The van der Waals surface area contributed by atoms with Crippen LogP contribution in [-0.2, 0) is 13.6 Å². The molecule has 0 bridgehead atoms. The molecule has 0 saturated heterocycles. The third-order valence-electron chi connectivity index (χ3n) is 3.43. The molecule has 3 rings (SSSR count). The third-order valence-corrected chi connectivity index (χ3v) is 3.43. The second-order valence-corrected chi connectivity index (χ2v) is 5.20. The fourth-order valence-corrected chi connectivity index (χ4v) is 2.03. The van der Waals surface area contributed by atoms with Gasteiger partial charge in [-0.25, -0.2) is 4.98 Å². The van der Waals surface area contributed by atoms with Crippen LogP contribution in [0.15, 0.2) is 36.8 Å². The topological polar surface area (TPSA) is 59.0 Å². The van der Waals surface area contributed by atoms with E-state index in [2.05, 4.69) is 15.6 Å². The molecule has 1 saturated carbocycles. The maximum atomic E-state index is 12.0. The van der Waals surface area contributed by atoms with Crippen molar-refractivity contribution in [2.75, 3.05) is 5.32 Å². The van der Waals surface area contributed by atoms with Crippen LogP contribution in [0.5, 0.6) is 0 Å². The summed E-state index contributed by atoms with van der Waals surface area (Å²) in [6.45, 7) is 0.890. The Morgan fingerprint density at radius 3 is 2.70 bits per heavy atom. The van der Waals surface area contributed by atoms with Gasteiger partial charge in [0.15, 0.2) is 0 Å². The Morgan fingerprint density at radius 2 is 2.10 bits per heavy atom. The molecule has 0 spiro atoms. The molecule has 104 valence electrons. The molecule has 2 aromatic rings. The van der Waals surface area contributed by atoms with E-state index in [9.17, 15) is 4.79 Å². The first-order chi connectivity index (χ1) is 9.72. The molecule has 20 heavy (non-hydrogen) atoms. The summed E-state index contributed by atoms with van der Waals surface area (Å²) in [6.07, 6.45) is 5.75. The highest BCUT2D eigenvalue weighted by Gasteiger charge is 2.19. The predicted octanol–water partition coefficient (Wildman–Crippen LogP) is 1.92. The molecular formula is C15H18N4O. The molecule has 1 amide bonds. The smallest absolute Gasteiger partial charge is 0.273 e. The molecule has 5 heteroatoms. The number of rotatable bonds is 5. The molecule has 1 aliphatic rings. The number of anilines is 1. The molecule has 0 radical (unpaired) electrons. The molecule has 0 atom stereocenters. The second-order valence-electron chi connectivity index (χ2n) is 5.20. The maximum absolute atomic E-state index is 12.0. The van der Waals surface area contributed by atoms with Crippen molar-refractivity contribution in [1.29, 1.82) is 0 Å². The summed E-state index contributed by atoms with van der Waals surface area (Å²) in [7, 11) is 1.80. The van der Waals surface area contributed by atoms with Gasteiger partial charge in [0.25, 0.3) is 5.91 Å². The van der Waals surface area contributed by atoms with Crippen LogP contribution in [0.1, 0.15) is 28.9 Å². The van der Waals surface area contributed by atoms with E-state index in [1.54, 1.807) is 24.1 Å². The largest absolute Gasteiger partial charge is 0.330 e. The number of hydrogen-bond acceptors (Lipinski definition) is 3. The van der Waals surface area contributed by atoms with Crippen LogP contribution in [-0.4, -0.2) is 21.5 Å². The zero-order valence-electron chi connectivity index (χ0n) is 11.5. The van der Waals surface area contributed by atoms with Gasteiger partial charge in [0, 0.05) is 25.3 Å². The van der Waals surface area contributed by atoms with Crippen LogP contribution < -0.4 is 10.6 Å². The summed E-state index contributed by atoms with van der Waals surface area (Å²) in [5.41, 5.74) is 2.58. The standard InChI is InChI=1S/C15H18N4O/c1-19-10-16-9-14(19)15(20)18-13-4-2-11(3-5-13)8-17-12-6-7-12/h2-5,9-10,12,17H,6-8H2,1H3,(H,18,20). The summed E-state index contributed by atoms with van der Waals surface area (Å²) < 4.78 is 1.70. The second kappa shape index (κ2) is 5.46.